The molecule has 1 aromatic rings. The molecule has 88 valence electrons. The molecule has 6 heteroatoms. The van der Waals surface area contributed by atoms with Gasteiger partial charge in [0.25, 0.3) is 0 Å². The van der Waals surface area contributed by atoms with Crippen molar-refractivity contribution in [2.45, 2.75) is 12.6 Å². The SMILES string of the molecule is Nc1cccnc1N1CC[C@@H](C(F)(F)F)C1. The fourth-order valence-electron chi connectivity index (χ4n) is 1.89. The van der Waals surface area contributed by atoms with Crippen molar-refractivity contribution in [1.29, 1.82) is 0 Å². The van der Waals surface area contributed by atoms with Gasteiger partial charge in [-0.15, -0.1) is 0 Å². The van der Waals surface area contributed by atoms with Crippen molar-refractivity contribution in [3.63, 3.8) is 0 Å². The van der Waals surface area contributed by atoms with Crippen molar-refractivity contribution in [3.8, 4) is 0 Å². The van der Waals surface area contributed by atoms with E-state index >= 15 is 0 Å². The molecule has 1 aliphatic rings. The number of nitrogens with zero attached hydrogens (tertiary/aromatic N) is 2. The maximum atomic E-state index is 12.5. The lowest BCUT2D eigenvalue weighted by Crippen LogP contribution is -2.28. The molecule has 0 unspecified atom stereocenters. The maximum Gasteiger partial charge on any atom is 0.393 e. The van der Waals surface area contributed by atoms with Gasteiger partial charge in [0.05, 0.1) is 11.6 Å². The van der Waals surface area contributed by atoms with Crippen molar-refractivity contribution in [3.05, 3.63) is 18.3 Å². The molecule has 1 fully saturated rings. The lowest BCUT2D eigenvalue weighted by Gasteiger charge is -2.19. The largest absolute Gasteiger partial charge is 0.396 e. The minimum Gasteiger partial charge on any atom is -0.396 e. The van der Waals surface area contributed by atoms with Crippen LogP contribution in [-0.2, 0) is 0 Å². The summed E-state index contributed by atoms with van der Waals surface area (Å²) in [6.07, 6.45) is -2.48. The summed E-state index contributed by atoms with van der Waals surface area (Å²) >= 11 is 0. The molecule has 3 nitrogen and oxygen atoms in total. The van der Waals surface area contributed by atoms with Gasteiger partial charge in [-0.2, -0.15) is 13.2 Å². The Balaban J connectivity index is 2.13. The minimum absolute atomic E-state index is 0.0509. The van der Waals surface area contributed by atoms with E-state index in [1.54, 1.807) is 17.0 Å². The lowest BCUT2D eigenvalue weighted by molar-refractivity contribution is -0.168. The van der Waals surface area contributed by atoms with Crippen LogP contribution in [0, 0.1) is 5.92 Å². The Hall–Kier alpha value is -1.46. The molecule has 1 aromatic heterocycles. The lowest BCUT2D eigenvalue weighted by atomic mass is 10.1. The molecule has 0 aromatic carbocycles. The standard InChI is InChI=1S/C10H12F3N3/c11-10(12,13)7-3-5-16(6-7)9-8(14)2-1-4-15-9/h1-2,4,7H,3,5-6,14H2/t7-/m1/s1. The van der Waals surface area contributed by atoms with E-state index in [-0.39, 0.29) is 13.0 Å². The monoisotopic (exact) mass is 231 g/mol. The van der Waals surface area contributed by atoms with Crippen molar-refractivity contribution in [2.75, 3.05) is 23.7 Å². The normalized spacial score (nSPS) is 21.4. The fourth-order valence-corrected chi connectivity index (χ4v) is 1.89. The summed E-state index contributed by atoms with van der Waals surface area (Å²) in [5.41, 5.74) is 6.09. The fraction of sp³-hybridized carbons (Fsp3) is 0.500. The molecule has 0 saturated carbocycles. The van der Waals surface area contributed by atoms with E-state index in [0.717, 1.165) is 0 Å². The number of halogens is 3. The third kappa shape index (κ3) is 2.05. The highest BCUT2D eigenvalue weighted by molar-refractivity contribution is 5.62. The van der Waals surface area contributed by atoms with E-state index in [0.29, 0.717) is 18.1 Å². The van der Waals surface area contributed by atoms with Crippen LogP contribution < -0.4 is 10.6 Å². The van der Waals surface area contributed by atoms with E-state index in [4.69, 9.17) is 5.73 Å². The molecule has 16 heavy (non-hydrogen) atoms. The first-order valence-electron chi connectivity index (χ1n) is 5.00. The van der Waals surface area contributed by atoms with Gasteiger partial charge in [-0.1, -0.05) is 0 Å². The summed E-state index contributed by atoms with van der Waals surface area (Å²) in [6.45, 7) is 0.302. The second-order valence-electron chi connectivity index (χ2n) is 3.89. The Morgan fingerprint density at radius 1 is 1.44 bits per heavy atom. The molecule has 0 aliphatic carbocycles. The van der Waals surface area contributed by atoms with Crippen LogP contribution >= 0.6 is 0 Å². The zero-order valence-electron chi connectivity index (χ0n) is 8.54. The summed E-state index contributed by atoms with van der Waals surface area (Å²) in [5, 5.41) is 0. The number of hydrogen-bond acceptors (Lipinski definition) is 3. The van der Waals surface area contributed by atoms with Gasteiger partial charge in [0.15, 0.2) is 5.82 Å². The van der Waals surface area contributed by atoms with Gasteiger partial charge in [0, 0.05) is 19.3 Å². The Labute approximate surface area is 91.1 Å². The zero-order valence-corrected chi connectivity index (χ0v) is 8.54. The van der Waals surface area contributed by atoms with E-state index in [9.17, 15) is 13.2 Å². The van der Waals surface area contributed by atoms with Crippen LogP contribution in [0.15, 0.2) is 18.3 Å². The van der Waals surface area contributed by atoms with Gasteiger partial charge >= 0.3 is 6.18 Å². The number of alkyl halides is 3. The number of anilines is 2. The van der Waals surface area contributed by atoms with Crippen LogP contribution in [-0.4, -0.2) is 24.2 Å². The van der Waals surface area contributed by atoms with Gasteiger partial charge in [0.1, 0.15) is 0 Å². The van der Waals surface area contributed by atoms with Gasteiger partial charge in [0.2, 0.25) is 0 Å². The summed E-state index contributed by atoms with van der Waals surface area (Å²) in [4.78, 5) is 5.60. The number of hydrogen-bond donors (Lipinski definition) is 1. The van der Waals surface area contributed by atoms with Crippen LogP contribution in [0.2, 0.25) is 0 Å². The van der Waals surface area contributed by atoms with Gasteiger partial charge in [-0.3, -0.25) is 0 Å². The van der Waals surface area contributed by atoms with Crippen molar-refractivity contribution in [1.82, 2.24) is 4.98 Å². The van der Waals surface area contributed by atoms with E-state index in [1.807, 2.05) is 0 Å². The van der Waals surface area contributed by atoms with Gasteiger partial charge < -0.3 is 10.6 Å². The van der Waals surface area contributed by atoms with Gasteiger partial charge in [-0.05, 0) is 18.6 Å². The van der Waals surface area contributed by atoms with Gasteiger partial charge in [-0.25, -0.2) is 4.98 Å². The Kier molecular flexibility index (Phi) is 2.65. The molecule has 0 bridgehead atoms. The predicted molar refractivity (Wildman–Crippen MR) is 55.0 cm³/mol. The van der Waals surface area contributed by atoms with Crippen LogP contribution in [0.5, 0.6) is 0 Å². The third-order valence-electron chi connectivity index (χ3n) is 2.77. The molecular weight excluding hydrogens is 219 g/mol. The molecule has 1 aliphatic heterocycles. The number of nitrogen functional groups attached to an aromatic ring is 1. The summed E-state index contributed by atoms with van der Waals surface area (Å²) in [7, 11) is 0. The third-order valence-corrected chi connectivity index (χ3v) is 2.77. The predicted octanol–water partition coefficient (Wildman–Crippen LogP) is 2.05. The summed E-state index contributed by atoms with van der Waals surface area (Å²) in [6, 6.07) is 3.30. The number of aromatic nitrogens is 1. The first kappa shape index (κ1) is 11.0. The van der Waals surface area contributed by atoms with Crippen molar-refractivity contribution in [2.24, 2.45) is 5.92 Å². The number of pyridine rings is 1. The smallest absolute Gasteiger partial charge is 0.393 e. The topological polar surface area (TPSA) is 42.1 Å². The quantitative estimate of drug-likeness (QED) is 0.804. The molecule has 0 spiro atoms. The summed E-state index contributed by atoms with van der Waals surface area (Å²) in [5.74, 6) is -0.817. The Morgan fingerprint density at radius 3 is 2.75 bits per heavy atom. The number of nitrogens with two attached hydrogens (primary N) is 1. The zero-order chi connectivity index (χ0) is 11.8. The van der Waals surface area contributed by atoms with Crippen molar-refractivity contribution < 1.29 is 13.2 Å². The van der Waals surface area contributed by atoms with Crippen LogP contribution in [0.1, 0.15) is 6.42 Å². The first-order chi connectivity index (χ1) is 7.48. The highest BCUT2D eigenvalue weighted by Crippen LogP contribution is 2.35. The minimum atomic E-state index is -4.13. The molecule has 1 saturated heterocycles. The molecule has 1 atom stereocenters. The highest BCUT2D eigenvalue weighted by atomic mass is 19.4. The number of rotatable bonds is 1. The second kappa shape index (κ2) is 3.84. The van der Waals surface area contributed by atoms with E-state index in [2.05, 4.69) is 4.98 Å². The Morgan fingerprint density at radius 2 is 2.19 bits per heavy atom. The molecule has 2 N–H and O–H groups in total. The second-order valence-corrected chi connectivity index (χ2v) is 3.89. The molecule has 0 amide bonds. The molecule has 2 rings (SSSR count). The average molecular weight is 231 g/mol. The highest BCUT2D eigenvalue weighted by Gasteiger charge is 2.44. The van der Waals surface area contributed by atoms with Crippen LogP contribution in [0.4, 0.5) is 24.7 Å². The van der Waals surface area contributed by atoms with Crippen LogP contribution in [0.3, 0.4) is 0 Å². The molecule has 2 heterocycles. The van der Waals surface area contributed by atoms with Crippen LogP contribution in [0.25, 0.3) is 0 Å². The van der Waals surface area contributed by atoms with E-state index < -0.39 is 12.1 Å². The maximum absolute atomic E-state index is 12.5. The Bertz CT molecular complexity index is 378. The average Bonchev–Trinajstić information content (AvgIpc) is 2.66. The van der Waals surface area contributed by atoms with E-state index in [1.165, 1.54) is 6.20 Å². The molecule has 0 radical (unpaired) electrons. The first-order valence-corrected chi connectivity index (χ1v) is 5.00. The molecular formula is C10H12F3N3. The summed E-state index contributed by atoms with van der Waals surface area (Å²) < 4.78 is 37.4. The van der Waals surface area contributed by atoms with Crippen molar-refractivity contribution >= 4 is 11.5 Å².